The molecule has 2 aliphatic rings. The van der Waals surface area contributed by atoms with E-state index in [1.54, 1.807) is 35.2 Å². The van der Waals surface area contributed by atoms with Gasteiger partial charge in [0.05, 0.1) is 11.5 Å². The average Bonchev–Trinajstić information content (AvgIpc) is 2.74. The van der Waals surface area contributed by atoms with Gasteiger partial charge in [-0.25, -0.2) is 17.6 Å². The smallest absolute Gasteiger partial charge is 0.410 e. The molecule has 0 spiro atoms. The number of sulfone groups is 1. The van der Waals surface area contributed by atoms with Gasteiger partial charge in [0.1, 0.15) is 11.6 Å². The molecule has 0 unspecified atom stereocenters. The molecule has 166 valence electrons. The lowest BCUT2D eigenvalue weighted by Gasteiger charge is -2.40. The molecule has 9 heteroatoms. The fourth-order valence-corrected chi connectivity index (χ4v) is 5.19. The van der Waals surface area contributed by atoms with Crippen molar-refractivity contribution in [2.75, 3.05) is 54.0 Å². The van der Waals surface area contributed by atoms with Crippen molar-refractivity contribution in [2.45, 2.75) is 13.0 Å². The van der Waals surface area contributed by atoms with E-state index in [0.29, 0.717) is 38.5 Å². The van der Waals surface area contributed by atoms with Gasteiger partial charge in [0.15, 0.2) is 9.84 Å². The summed E-state index contributed by atoms with van der Waals surface area (Å²) >= 11 is 0. The molecular formula is C22H26FN3O4S. The van der Waals surface area contributed by atoms with Crippen LogP contribution < -0.4 is 14.5 Å². The van der Waals surface area contributed by atoms with Crippen molar-refractivity contribution >= 4 is 27.3 Å². The minimum Gasteiger partial charge on any atom is -0.410 e. The number of halogens is 1. The minimum absolute atomic E-state index is 0.0678. The number of hydrogen-bond donors (Lipinski definition) is 0. The standard InChI is InChI=1S/C22H26FN3O4S/c1-17-16-25(19-7-5-18(23)6-8-19)9-10-26(17)22(27)30-21-4-2-3-20(15-21)24-11-13-31(28,29)14-12-24/h2-8,15,17H,9-14,16H2,1H3/t17-/m0/s1. The number of piperazine rings is 1. The molecule has 1 atom stereocenters. The van der Waals surface area contributed by atoms with E-state index in [4.69, 9.17) is 4.74 Å². The Bertz CT molecular complexity index is 1030. The molecule has 0 radical (unpaired) electrons. The minimum atomic E-state index is -2.96. The second-order valence-electron chi connectivity index (χ2n) is 7.97. The van der Waals surface area contributed by atoms with Gasteiger partial charge in [-0.2, -0.15) is 0 Å². The number of anilines is 2. The third-order valence-electron chi connectivity index (χ3n) is 5.79. The van der Waals surface area contributed by atoms with Crippen molar-refractivity contribution in [2.24, 2.45) is 0 Å². The van der Waals surface area contributed by atoms with Gasteiger partial charge in [-0.1, -0.05) is 6.07 Å². The summed E-state index contributed by atoms with van der Waals surface area (Å²) in [7, 11) is -2.96. The molecule has 7 nitrogen and oxygen atoms in total. The number of ether oxygens (including phenoxy) is 1. The fourth-order valence-electron chi connectivity index (χ4n) is 3.99. The highest BCUT2D eigenvalue weighted by Gasteiger charge is 2.29. The molecule has 4 rings (SSSR count). The Kier molecular flexibility index (Phi) is 6.04. The maximum Gasteiger partial charge on any atom is 0.415 e. The summed E-state index contributed by atoms with van der Waals surface area (Å²) in [6.07, 6.45) is -0.412. The molecule has 1 amide bonds. The molecule has 2 saturated heterocycles. The Morgan fingerprint density at radius 2 is 1.68 bits per heavy atom. The van der Waals surface area contributed by atoms with E-state index in [0.717, 1.165) is 11.4 Å². The molecule has 0 aromatic heterocycles. The molecule has 2 aromatic rings. The topological polar surface area (TPSA) is 70.2 Å². The van der Waals surface area contributed by atoms with E-state index in [1.165, 1.54) is 12.1 Å². The summed E-state index contributed by atoms with van der Waals surface area (Å²) in [4.78, 5) is 18.6. The molecule has 0 N–H and O–H groups in total. The third kappa shape index (κ3) is 5.10. The maximum absolute atomic E-state index is 13.2. The molecule has 2 heterocycles. The Labute approximate surface area is 181 Å². The fraction of sp³-hybridized carbons (Fsp3) is 0.409. The first-order chi connectivity index (χ1) is 14.8. The number of rotatable bonds is 3. The van der Waals surface area contributed by atoms with Crippen molar-refractivity contribution in [3.63, 3.8) is 0 Å². The van der Waals surface area contributed by atoms with Crippen molar-refractivity contribution in [1.82, 2.24) is 4.90 Å². The number of amides is 1. The zero-order chi connectivity index (χ0) is 22.0. The molecule has 2 aromatic carbocycles. The van der Waals surface area contributed by atoms with Gasteiger partial charge in [-0.15, -0.1) is 0 Å². The highest BCUT2D eigenvalue weighted by molar-refractivity contribution is 7.91. The number of carbonyl (C=O) groups is 1. The van der Waals surface area contributed by atoms with Crippen molar-refractivity contribution in [3.8, 4) is 5.75 Å². The lowest BCUT2D eigenvalue weighted by Crippen LogP contribution is -2.54. The number of hydrogen-bond acceptors (Lipinski definition) is 6. The van der Waals surface area contributed by atoms with E-state index in [-0.39, 0.29) is 23.4 Å². The lowest BCUT2D eigenvalue weighted by atomic mass is 10.1. The van der Waals surface area contributed by atoms with Gasteiger partial charge in [-0.05, 0) is 43.3 Å². The van der Waals surface area contributed by atoms with E-state index < -0.39 is 15.9 Å². The quantitative estimate of drug-likeness (QED) is 0.721. The summed E-state index contributed by atoms with van der Waals surface area (Å²) in [5.74, 6) is 0.427. The summed E-state index contributed by atoms with van der Waals surface area (Å²) in [6.45, 7) is 4.59. The summed E-state index contributed by atoms with van der Waals surface area (Å²) in [5, 5.41) is 0. The Hall–Kier alpha value is -2.81. The Balaban J connectivity index is 1.37. The van der Waals surface area contributed by atoms with Crippen molar-refractivity contribution in [1.29, 1.82) is 0 Å². The van der Waals surface area contributed by atoms with Gasteiger partial charge < -0.3 is 19.4 Å². The highest BCUT2D eigenvalue weighted by atomic mass is 32.2. The van der Waals surface area contributed by atoms with Crippen LogP contribution in [0.4, 0.5) is 20.6 Å². The third-order valence-corrected chi connectivity index (χ3v) is 7.40. The monoisotopic (exact) mass is 447 g/mol. The largest absolute Gasteiger partial charge is 0.415 e. The van der Waals surface area contributed by atoms with Crippen LogP contribution in [0.1, 0.15) is 6.92 Å². The molecule has 2 aliphatic heterocycles. The van der Waals surface area contributed by atoms with Crippen LogP contribution >= 0.6 is 0 Å². The molecule has 31 heavy (non-hydrogen) atoms. The first-order valence-electron chi connectivity index (χ1n) is 10.4. The van der Waals surface area contributed by atoms with Gasteiger partial charge >= 0.3 is 6.09 Å². The van der Waals surface area contributed by atoms with E-state index in [2.05, 4.69) is 4.90 Å². The van der Waals surface area contributed by atoms with Crippen LogP contribution in [0, 0.1) is 5.82 Å². The Morgan fingerprint density at radius 3 is 2.35 bits per heavy atom. The maximum atomic E-state index is 13.2. The number of carbonyl (C=O) groups excluding carboxylic acids is 1. The second-order valence-corrected chi connectivity index (χ2v) is 10.3. The van der Waals surface area contributed by atoms with Crippen LogP contribution in [0.15, 0.2) is 48.5 Å². The van der Waals surface area contributed by atoms with E-state index in [9.17, 15) is 17.6 Å². The van der Waals surface area contributed by atoms with Crippen molar-refractivity contribution in [3.05, 3.63) is 54.3 Å². The number of nitrogens with zero attached hydrogens (tertiary/aromatic N) is 3. The number of benzene rings is 2. The summed E-state index contributed by atoms with van der Waals surface area (Å²) in [6, 6.07) is 13.5. The van der Waals surface area contributed by atoms with Gasteiger partial charge in [0.2, 0.25) is 0 Å². The lowest BCUT2D eigenvalue weighted by molar-refractivity contribution is 0.129. The molecule has 0 saturated carbocycles. The van der Waals surface area contributed by atoms with Gasteiger partial charge in [0, 0.05) is 56.2 Å². The van der Waals surface area contributed by atoms with Crippen molar-refractivity contribution < 1.29 is 22.3 Å². The molecule has 2 fully saturated rings. The van der Waals surface area contributed by atoms with Crippen LogP contribution in [0.3, 0.4) is 0 Å². The SMILES string of the molecule is C[C@H]1CN(c2ccc(F)cc2)CCN1C(=O)Oc1cccc(N2CCS(=O)(=O)CC2)c1. The second kappa shape index (κ2) is 8.74. The Morgan fingerprint density at radius 1 is 0.968 bits per heavy atom. The van der Waals surface area contributed by atoms with Crippen LogP contribution in [0.25, 0.3) is 0 Å². The molecule has 0 aliphatic carbocycles. The predicted octanol–water partition coefficient (Wildman–Crippen LogP) is 2.77. The van der Waals surface area contributed by atoms with Gasteiger partial charge in [0.25, 0.3) is 0 Å². The summed E-state index contributed by atoms with van der Waals surface area (Å²) in [5.41, 5.74) is 1.77. The average molecular weight is 448 g/mol. The molecular weight excluding hydrogens is 421 g/mol. The zero-order valence-corrected chi connectivity index (χ0v) is 18.2. The zero-order valence-electron chi connectivity index (χ0n) is 17.4. The van der Waals surface area contributed by atoms with E-state index in [1.807, 2.05) is 17.9 Å². The summed E-state index contributed by atoms with van der Waals surface area (Å²) < 4.78 is 42.1. The molecule has 0 bridgehead atoms. The predicted molar refractivity (Wildman–Crippen MR) is 118 cm³/mol. The van der Waals surface area contributed by atoms with Gasteiger partial charge in [-0.3, -0.25) is 0 Å². The van der Waals surface area contributed by atoms with Crippen LogP contribution in [0.5, 0.6) is 5.75 Å². The highest BCUT2D eigenvalue weighted by Crippen LogP contribution is 2.25. The van der Waals surface area contributed by atoms with Crippen LogP contribution in [-0.4, -0.2) is 69.7 Å². The first kappa shape index (κ1) is 21.4. The normalized spacial score (nSPS) is 21.1. The van der Waals surface area contributed by atoms with Crippen LogP contribution in [-0.2, 0) is 9.84 Å². The van der Waals surface area contributed by atoms with Crippen LogP contribution in [0.2, 0.25) is 0 Å². The first-order valence-corrected chi connectivity index (χ1v) is 12.2. The van der Waals surface area contributed by atoms with E-state index >= 15 is 0 Å².